The summed E-state index contributed by atoms with van der Waals surface area (Å²) >= 11 is 5.83. The van der Waals surface area contributed by atoms with Gasteiger partial charge in [0.15, 0.2) is 0 Å². The van der Waals surface area contributed by atoms with Crippen LogP contribution in [0.4, 0.5) is 5.82 Å². The van der Waals surface area contributed by atoms with Gasteiger partial charge in [0.2, 0.25) is 5.28 Å². The van der Waals surface area contributed by atoms with Crippen molar-refractivity contribution < 1.29 is 0 Å². The van der Waals surface area contributed by atoms with Crippen LogP contribution in [-0.2, 0) is 0 Å². The molecule has 3 nitrogen and oxygen atoms in total. The molecule has 0 amide bonds. The molecular formula is C11H18ClN3. The Morgan fingerprint density at radius 2 is 2.13 bits per heavy atom. The van der Waals surface area contributed by atoms with E-state index in [4.69, 9.17) is 11.6 Å². The van der Waals surface area contributed by atoms with Crippen LogP contribution in [0.5, 0.6) is 0 Å². The summed E-state index contributed by atoms with van der Waals surface area (Å²) in [7, 11) is 2.04. The maximum Gasteiger partial charge on any atom is 0.224 e. The lowest BCUT2D eigenvalue weighted by atomic mass is 10.2. The molecule has 0 aliphatic carbocycles. The second kappa shape index (κ2) is 5.31. The van der Waals surface area contributed by atoms with E-state index < -0.39 is 0 Å². The quantitative estimate of drug-likeness (QED) is 0.741. The minimum Gasteiger partial charge on any atom is -0.357 e. The molecule has 1 aromatic rings. The van der Waals surface area contributed by atoms with Crippen molar-refractivity contribution in [2.75, 3.05) is 11.9 Å². The number of hydrogen-bond donors (Lipinski definition) is 0. The summed E-state index contributed by atoms with van der Waals surface area (Å²) in [5.41, 5.74) is 0.903. The molecule has 15 heavy (non-hydrogen) atoms. The summed E-state index contributed by atoms with van der Waals surface area (Å²) in [6, 6.07) is 2.43. The van der Waals surface area contributed by atoms with Gasteiger partial charge in [-0.25, -0.2) is 9.97 Å². The van der Waals surface area contributed by atoms with Gasteiger partial charge in [-0.05, 0) is 31.9 Å². The zero-order valence-electron chi connectivity index (χ0n) is 9.79. The first-order valence-electron chi connectivity index (χ1n) is 5.28. The molecule has 1 heterocycles. The van der Waals surface area contributed by atoms with Crippen LogP contribution in [0, 0.1) is 6.92 Å². The first kappa shape index (κ1) is 12.2. The summed E-state index contributed by atoms with van der Waals surface area (Å²) in [4.78, 5) is 10.4. The van der Waals surface area contributed by atoms with Gasteiger partial charge in [-0.15, -0.1) is 0 Å². The first-order valence-corrected chi connectivity index (χ1v) is 5.66. The van der Waals surface area contributed by atoms with Gasteiger partial charge in [-0.1, -0.05) is 13.3 Å². The Balaban J connectivity index is 2.85. The van der Waals surface area contributed by atoms with Gasteiger partial charge < -0.3 is 4.90 Å². The number of halogens is 1. The summed E-state index contributed by atoms with van der Waals surface area (Å²) in [5.74, 6) is 0.897. The molecule has 0 aromatic carbocycles. The predicted molar refractivity (Wildman–Crippen MR) is 64.6 cm³/mol. The average molecular weight is 228 g/mol. The van der Waals surface area contributed by atoms with Gasteiger partial charge in [-0.2, -0.15) is 0 Å². The van der Waals surface area contributed by atoms with Crippen molar-refractivity contribution in [2.45, 2.75) is 39.7 Å². The number of aromatic nitrogens is 2. The van der Waals surface area contributed by atoms with Crippen molar-refractivity contribution in [1.29, 1.82) is 0 Å². The molecule has 0 saturated heterocycles. The molecule has 1 rings (SSSR count). The van der Waals surface area contributed by atoms with Crippen molar-refractivity contribution >= 4 is 17.4 Å². The predicted octanol–water partition coefficient (Wildman–Crippen LogP) is 3.06. The zero-order valence-corrected chi connectivity index (χ0v) is 10.5. The highest BCUT2D eigenvalue weighted by atomic mass is 35.5. The molecule has 0 saturated carbocycles. The van der Waals surface area contributed by atoms with Crippen LogP contribution in [0.2, 0.25) is 5.28 Å². The van der Waals surface area contributed by atoms with E-state index in [1.54, 1.807) is 0 Å². The molecule has 0 radical (unpaired) electrons. The van der Waals surface area contributed by atoms with Crippen molar-refractivity contribution in [3.8, 4) is 0 Å². The number of hydrogen-bond acceptors (Lipinski definition) is 3. The van der Waals surface area contributed by atoms with E-state index in [2.05, 4.69) is 28.7 Å². The zero-order chi connectivity index (χ0) is 11.4. The van der Waals surface area contributed by atoms with Crippen LogP contribution in [-0.4, -0.2) is 23.1 Å². The van der Waals surface area contributed by atoms with E-state index in [-0.39, 0.29) is 0 Å². The van der Waals surface area contributed by atoms with Gasteiger partial charge in [-0.3, -0.25) is 0 Å². The van der Waals surface area contributed by atoms with Crippen LogP contribution in [0.15, 0.2) is 6.07 Å². The number of rotatable bonds is 4. The third kappa shape index (κ3) is 3.34. The molecule has 1 atom stereocenters. The smallest absolute Gasteiger partial charge is 0.224 e. The third-order valence-electron chi connectivity index (χ3n) is 2.54. The Kier molecular flexibility index (Phi) is 4.33. The minimum absolute atomic E-state index is 0.320. The largest absolute Gasteiger partial charge is 0.357 e. The minimum atomic E-state index is 0.320. The van der Waals surface area contributed by atoms with Crippen molar-refractivity contribution in [3.63, 3.8) is 0 Å². The van der Waals surface area contributed by atoms with Crippen molar-refractivity contribution in [3.05, 3.63) is 17.0 Å². The molecule has 4 heteroatoms. The van der Waals surface area contributed by atoms with Crippen LogP contribution in [0.25, 0.3) is 0 Å². The monoisotopic (exact) mass is 227 g/mol. The van der Waals surface area contributed by atoms with E-state index in [0.29, 0.717) is 11.3 Å². The number of anilines is 1. The Morgan fingerprint density at radius 3 is 2.67 bits per heavy atom. The highest BCUT2D eigenvalue weighted by Crippen LogP contribution is 2.17. The van der Waals surface area contributed by atoms with Gasteiger partial charge >= 0.3 is 0 Å². The molecule has 0 aliphatic heterocycles. The fourth-order valence-corrected chi connectivity index (χ4v) is 1.75. The first-order chi connectivity index (χ1) is 7.04. The third-order valence-corrected chi connectivity index (χ3v) is 2.71. The Bertz CT molecular complexity index is 307. The topological polar surface area (TPSA) is 29.0 Å². The Labute approximate surface area is 96.5 Å². The van der Waals surface area contributed by atoms with E-state index in [0.717, 1.165) is 17.9 Å². The van der Waals surface area contributed by atoms with E-state index in [1.165, 1.54) is 6.42 Å². The Morgan fingerprint density at radius 1 is 1.47 bits per heavy atom. The molecule has 0 fully saturated rings. The standard InChI is InChI=1S/C11H18ClN3/c1-5-6-9(3)15(4)10-7-8(2)13-11(12)14-10/h7,9H,5-6H2,1-4H3. The summed E-state index contributed by atoms with van der Waals surface area (Å²) < 4.78 is 0. The highest BCUT2D eigenvalue weighted by Gasteiger charge is 2.11. The van der Waals surface area contributed by atoms with Crippen LogP contribution < -0.4 is 4.90 Å². The molecular weight excluding hydrogens is 210 g/mol. The molecule has 1 unspecified atom stereocenters. The fourth-order valence-electron chi connectivity index (χ4n) is 1.53. The second-order valence-corrected chi connectivity index (χ2v) is 4.22. The number of aryl methyl sites for hydroxylation is 1. The van der Waals surface area contributed by atoms with E-state index in [9.17, 15) is 0 Å². The van der Waals surface area contributed by atoms with Gasteiger partial charge in [0.05, 0.1) is 0 Å². The maximum absolute atomic E-state index is 5.83. The summed E-state index contributed by atoms with van der Waals surface area (Å²) in [6.07, 6.45) is 2.32. The highest BCUT2D eigenvalue weighted by molar-refractivity contribution is 6.28. The average Bonchev–Trinajstić information content (AvgIpc) is 2.15. The lowest BCUT2D eigenvalue weighted by molar-refractivity contribution is 0.610. The normalized spacial score (nSPS) is 12.6. The van der Waals surface area contributed by atoms with Gasteiger partial charge in [0, 0.05) is 24.8 Å². The van der Waals surface area contributed by atoms with Crippen LogP contribution >= 0.6 is 11.6 Å². The van der Waals surface area contributed by atoms with Crippen molar-refractivity contribution in [2.24, 2.45) is 0 Å². The Hall–Kier alpha value is -0.830. The van der Waals surface area contributed by atoms with E-state index in [1.807, 2.05) is 20.0 Å². The number of nitrogens with zero attached hydrogens (tertiary/aromatic N) is 3. The van der Waals surface area contributed by atoms with Crippen molar-refractivity contribution in [1.82, 2.24) is 9.97 Å². The maximum atomic E-state index is 5.83. The van der Waals surface area contributed by atoms with Gasteiger partial charge in [0.1, 0.15) is 5.82 Å². The van der Waals surface area contributed by atoms with Gasteiger partial charge in [0.25, 0.3) is 0 Å². The lowest BCUT2D eigenvalue weighted by Crippen LogP contribution is -2.29. The molecule has 0 bridgehead atoms. The fraction of sp³-hybridized carbons (Fsp3) is 0.636. The second-order valence-electron chi connectivity index (χ2n) is 3.89. The molecule has 0 spiro atoms. The molecule has 84 valence electrons. The lowest BCUT2D eigenvalue weighted by Gasteiger charge is -2.25. The molecule has 0 N–H and O–H groups in total. The molecule has 0 aliphatic rings. The summed E-state index contributed by atoms with van der Waals surface area (Å²) in [6.45, 7) is 6.30. The molecule has 1 aromatic heterocycles. The SMILES string of the molecule is CCCC(C)N(C)c1cc(C)nc(Cl)n1. The van der Waals surface area contributed by atoms with Crippen LogP contribution in [0.3, 0.4) is 0 Å². The van der Waals surface area contributed by atoms with Crippen LogP contribution in [0.1, 0.15) is 32.4 Å². The van der Waals surface area contributed by atoms with E-state index >= 15 is 0 Å². The summed E-state index contributed by atoms with van der Waals surface area (Å²) in [5, 5.41) is 0.320.